The van der Waals surface area contributed by atoms with Gasteiger partial charge in [-0.2, -0.15) is 0 Å². The smallest absolute Gasteiger partial charge is 0.195 e. The summed E-state index contributed by atoms with van der Waals surface area (Å²) in [5.41, 5.74) is 8.19. The van der Waals surface area contributed by atoms with Gasteiger partial charge < -0.3 is 10.6 Å². The third kappa shape index (κ3) is 4.43. The van der Waals surface area contributed by atoms with Crippen molar-refractivity contribution in [2.24, 2.45) is 10.7 Å². The van der Waals surface area contributed by atoms with Crippen molar-refractivity contribution in [3.05, 3.63) is 29.8 Å². The highest BCUT2D eigenvalue weighted by Gasteiger charge is 2.14. The molecule has 1 fully saturated rings. The van der Waals surface area contributed by atoms with E-state index < -0.39 is 0 Å². The molecule has 106 valence electrons. The molecule has 0 spiro atoms. The minimum atomic E-state index is 0. The predicted octanol–water partition coefficient (Wildman–Crippen LogP) is 3.66. The van der Waals surface area contributed by atoms with E-state index in [1.54, 1.807) is 0 Å². The second-order valence-electron chi connectivity index (χ2n) is 5.29. The molecule has 1 aromatic carbocycles. The number of nitrogens with zero attached hydrogens (tertiary/aromatic N) is 2. The Hall–Kier alpha value is -1.22. The highest BCUT2D eigenvalue weighted by atomic mass is 35.5. The Morgan fingerprint density at radius 2 is 1.68 bits per heavy atom. The van der Waals surface area contributed by atoms with E-state index in [1.807, 2.05) is 19.0 Å². The summed E-state index contributed by atoms with van der Waals surface area (Å²) in [6, 6.07) is 8.55. The molecule has 0 saturated heterocycles. The fourth-order valence-electron chi connectivity index (χ4n) is 2.49. The number of rotatable bonds is 2. The first-order valence-corrected chi connectivity index (χ1v) is 6.78. The van der Waals surface area contributed by atoms with Crippen molar-refractivity contribution in [3.63, 3.8) is 0 Å². The third-order valence-corrected chi connectivity index (χ3v) is 3.67. The number of halogens is 1. The molecule has 0 aliphatic heterocycles. The summed E-state index contributed by atoms with van der Waals surface area (Å²) in [7, 11) is 3.80. The van der Waals surface area contributed by atoms with Gasteiger partial charge in [-0.15, -0.1) is 12.4 Å². The summed E-state index contributed by atoms with van der Waals surface area (Å²) >= 11 is 0. The number of hydrogen-bond donors (Lipinski definition) is 1. The molecular weight excluding hydrogens is 258 g/mol. The van der Waals surface area contributed by atoms with E-state index in [9.17, 15) is 0 Å². The van der Waals surface area contributed by atoms with Gasteiger partial charge in [-0.25, -0.2) is 4.99 Å². The lowest BCUT2D eigenvalue weighted by Crippen LogP contribution is -2.29. The Morgan fingerprint density at radius 1 is 1.11 bits per heavy atom. The molecule has 0 heterocycles. The molecule has 0 bridgehead atoms. The number of guanidine groups is 1. The van der Waals surface area contributed by atoms with Gasteiger partial charge in [-0.1, -0.05) is 31.4 Å². The molecule has 2 rings (SSSR count). The van der Waals surface area contributed by atoms with Gasteiger partial charge in [0.2, 0.25) is 0 Å². The van der Waals surface area contributed by atoms with Crippen LogP contribution in [0.3, 0.4) is 0 Å². The van der Waals surface area contributed by atoms with E-state index >= 15 is 0 Å². The average Bonchev–Trinajstić information content (AvgIpc) is 2.40. The van der Waals surface area contributed by atoms with E-state index in [-0.39, 0.29) is 12.4 Å². The van der Waals surface area contributed by atoms with Gasteiger partial charge in [0.05, 0.1) is 5.69 Å². The molecule has 1 aliphatic carbocycles. The minimum Gasteiger partial charge on any atom is -0.370 e. The first kappa shape index (κ1) is 15.8. The van der Waals surface area contributed by atoms with E-state index in [0.29, 0.717) is 5.96 Å². The van der Waals surface area contributed by atoms with Gasteiger partial charge >= 0.3 is 0 Å². The maximum atomic E-state index is 5.81. The molecule has 3 nitrogen and oxygen atoms in total. The van der Waals surface area contributed by atoms with Gasteiger partial charge in [-0.05, 0) is 36.5 Å². The van der Waals surface area contributed by atoms with Crippen molar-refractivity contribution >= 4 is 24.1 Å². The number of aliphatic imine (C=N–C) groups is 1. The molecule has 0 unspecified atom stereocenters. The lowest BCUT2D eigenvalue weighted by Gasteiger charge is -2.21. The van der Waals surface area contributed by atoms with Crippen molar-refractivity contribution < 1.29 is 0 Å². The summed E-state index contributed by atoms with van der Waals surface area (Å²) in [6.45, 7) is 0. The van der Waals surface area contributed by atoms with Crippen molar-refractivity contribution in [1.29, 1.82) is 0 Å². The van der Waals surface area contributed by atoms with Crippen molar-refractivity contribution in [3.8, 4) is 0 Å². The molecule has 4 heteroatoms. The molecule has 0 aromatic heterocycles. The molecule has 1 saturated carbocycles. The van der Waals surface area contributed by atoms with Crippen LogP contribution in [0.25, 0.3) is 0 Å². The second kappa shape index (κ2) is 7.39. The van der Waals surface area contributed by atoms with Gasteiger partial charge in [0, 0.05) is 14.1 Å². The number of hydrogen-bond acceptors (Lipinski definition) is 1. The standard InChI is InChI=1S/C15H23N3.ClH/c1-18(2)15(16)17-14-10-8-13(9-11-14)12-6-4-3-5-7-12;/h8-12H,3-7H2,1-2H3,(H2,16,17);1H. The molecule has 2 N–H and O–H groups in total. The molecule has 0 radical (unpaired) electrons. The number of benzene rings is 1. The van der Waals surface area contributed by atoms with Crippen LogP contribution >= 0.6 is 12.4 Å². The first-order valence-electron chi connectivity index (χ1n) is 6.78. The third-order valence-electron chi connectivity index (χ3n) is 3.67. The maximum absolute atomic E-state index is 5.81. The SMILES string of the molecule is CN(C)C(N)=Nc1ccc(C2CCCCC2)cc1.Cl. The van der Waals surface area contributed by atoms with Crippen LogP contribution in [0.15, 0.2) is 29.3 Å². The fraction of sp³-hybridized carbons (Fsp3) is 0.533. The van der Waals surface area contributed by atoms with Crippen LogP contribution in [0, 0.1) is 0 Å². The zero-order valence-corrected chi connectivity index (χ0v) is 12.6. The highest BCUT2D eigenvalue weighted by Crippen LogP contribution is 2.33. The first-order chi connectivity index (χ1) is 8.66. The summed E-state index contributed by atoms with van der Waals surface area (Å²) in [4.78, 5) is 6.18. The van der Waals surface area contributed by atoms with E-state index in [2.05, 4.69) is 29.3 Å². The van der Waals surface area contributed by atoms with Crippen molar-refractivity contribution in [1.82, 2.24) is 4.90 Å². The van der Waals surface area contributed by atoms with Crippen LogP contribution in [0.5, 0.6) is 0 Å². The monoisotopic (exact) mass is 281 g/mol. The Bertz CT molecular complexity index is 406. The molecule has 0 atom stereocenters. The van der Waals surface area contributed by atoms with E-state index in [4.69, 9.17) is 5.73 Å². The summed E-state index contributed by atoms with van der Waals surface area (Å²) in [5, 5.41) is 0. The van der Waals surface area contributed by atoms with Crippen LogP contribution < -0.4 is 5.73 Å². The lowest BCUT2D eigenvalue weighted by molar-refractivity contribution is 0.443. The minimum absolute atomic E-state index is 0. The Labute approximate surface area is 122 Å². The number of nitrogens with two attached hydrogens (primary N) is 1. The van der Waals surface area contributed by atoms with Crippen molar-refractivity contribution in [2.75, 3.05) is 14.1 Å². The lowest BCUT2D eigenvalue weighted by atomic mass is 9.84. The maximum Gasteiger partial charge on any atom is 0.195 e. The highest BCUT2D eigenvalue weighted by molar-refractivity contribution is 5.85. The van der Waals surface area contributed by atoms with Crippen LogP contribution in [-0.2, 0) is 0 Å². The van der Waals surface area contributed by atoms with Crippen LogP contribution in [0.1, 0.15) is 43.6 Å². The van der Waals surface area contributed by atoms with Crippen molar-refractivity contribution in [2.45, 2.75) is 38.0 Å². The fourth-order valence-corrected chi connectivity index (χ4v) is 2.49. The zero-order valence-electron chi connectivity index (χ0n) is 11.8. The topological polar surface area (TPSA) is 41.6 Å². The van der Waals surface area contributed by atoms with Crippen LogP contribution in [0.4, 0.5) is 5.69 Å². The van der Waals surface area contributed by atoms with Crippen LogP contribution in [-0.4, -0.2) is 25.0 Å². The largest absolute Gasteiger partial charge is 0.370 e. The van der Waals surface area contributed by atoms with E-state index in [1.165, 1.54) is 37.7 Å². The van der Waals surface area contributed by atoms with Crippen LogP contribution in [0.2, 0.25) is 0 Å². The molecular formula is C15H24ClN3. The van der Waals surface area contributed by atoms with Gasteiger partial charge in [0.1, 0.15) is 0 Å². The summed E-state index contributed by atoms with van der Waals surface area (Å²) < 4.78 is 0. The average molecular weight is 282 g/mol. The van der Waals surface area contributed by atoms with Gasteiger partial charge in [0.15, 0.2) is 5.96 Å². The Morgan fingerprint density at radius 3 is 2.21 bits per heavy atom. The molecule has 0 amide bonds. The quantitative estimate of drug-likeness (QED) is 0.664. The van der Waals surface area contributed by atoms with Gasteiger partial charge in [-0.3, -0.25) is 0 Å². The van der Waals surface area contributed by atoms with Gasteiger partial charge in [0.25, 0.3) is 0 Å². The zero-order chi connectivity index (χ0) is 13.0. The predicted molar refractivity (Wildman–Crippen MR) is 84.5 cm³/mol. The normalized spacial score (nSPS) is 16.8. The summed E-state index contributed by atoms with van der Waals surface area (Å²) in [5.74, 6) is 1.29. The molecule has 1 aliphatic rings. The van der Waals surface area contributed by atoms with E-state index in [0.717, 1.165) is 11.6 Å². The summed E-state index contributed by atoms with van der Waals surface area (Å²) in [6.07, 6.45) is 6.82. The molecule has 19 heavy (non-hydrogen) atoms. The Balaban J connectivity index is 0.00000180. The molecule has 1 aromatic rings. The second-order valence-corrected chi connectivity index (χ2v) is 5.29. The Kier molecular flexibility index (Phi) is 6.16.